The first-order valence-corrected chi connectivity index (χ1v) is 7.13. The SMILES string of the molecule is CC(Cc1cccc(F)c1)Nc1ccc2nnc(C(F)(F)F)n2n1. The van der Waals surface area contributed by atoms with E-state index in [0.29, 0.717) is 10.9 Å². The molecule has 9 heteroatoms. The molecule has 3 aromatic rings. The molecule has 1 N–H and O–H groups in total. The number of anilines is 1. The van der Waals surface area contributed by atoms with Crippen LogP contribution in [-0.2, 0) is 12.6 Å². The number of benzene rings is 1. The molecule has 24 heavy (non-hydrogen) atoms. The van der Waals surface area contributed by atoms with Crippen LogP contribution in [0.2, 0.25) is 0 Å². The molecular formula is C15H13F4N5. The Bertz CT molecular complexity index is 858. The fourth-order valence-electron chi connectivity index (χ4n) is 2.36. The van der Waals surface area contributed by atoms with Crippen LogP contribution in [0, 0.1) is 5.82 Å². The number of nitrogens with zero attached hydrogens (tertiary/aromatic N) is 4. The number of aromatic nitrogens is 4. The quantitative estimate of drug-likeness (QED) is 0.741. The third-order valence-corrected chi connectivity index (χ3v) is 3.34. The maximum atomic E-state index is 13.2. The maximum absolute atomic E-state index is 13.2. The fourth-order valence-corrected chi connectivity index (χ4v) is 2.36. The van der Waals surface area contributed by atoms with Crippen molar-refractivity contribution in [3.8, 4) is 0 Å². The third-order valence-electron chi connectivity index (χ3n) is 3.34. The molecule has 0 amide bonds. The van der Waals surface area contributed by atoms with E-state index in [2.05, 4.69) is 20.6 Å². The van der Waals surface area contributed by atoms with Crippen LogP contribution in [-0.4, -0.2) is 25.9 Å². The van der Waals surface area contributed by atoms with Crippen LogP contribution < -0.4 is 5.32 Å². The summed E-state index contributed by atoms with van der Waals surface area (Å²) in [6, 6.07) is 8.90. The molecule has 0 saturated carbocycles. The Labute approximate surface area is 134 Å². The van der Waals surface area contributed by atoms with E-state index in [-0.39, 0.29) is 23.3 Å². The highest BCUT2D eigenvalue weighted by molar-refractivity contribution is 5.44. The van der Waals surface area contributed by atoms with E-state index in [1.54, 1.807) is 12.1 Å². The molecule has 1 atom stereocenters. The zero-order valence-corrected chi connectivity index (χ0v) is 12.5. The van der Waals surface area contributed by atoms with E-state index in [0.717, 1.165) is 5.56 Å². The number of hydrogen-bond donors (Lipinski definition) is 1. The molecule has 0 bridgehead atoms. The summed E-state index contributed by atoms with van der Waals surface area (Å²) in [6.45, 7) is 1.83. The average Bonchev–Trinajstić information content (AvgIpc) is 2.90. The lowest BCUT2D eigenvalue weighted by atomic mass is 10.1. The van der Waals surface area contributed by atoms with Crippen molar-refractivity contribution in [1.29, 1.82) is 0 Å². The molecule has 5 nitrogen and oxygen atoms in total. The van der Waals surface area contributed by atoms with Gasteiger partial charge in [-0.05, 0) is 43.2 Å². The number of nitrogens with one attached hydrogen (secondary N) is 1. The smallest absolute Gasteiger partial charge is 0.366 e. The van der Waals surface area contributed by atoms with Gasteiger partial charge >= 0.3 is 6.18 Å². The van der Waals surface area contributed by atoms with Gasteiger partial charge in [0.15, 0.2) is 5.65 Å². The summed E-state index contributed by atoms with van der Waals surface area (Å²) in [5.74, 6) is -1.27. The summed E-state index contributed by atoms with van der Waals surface area (Å²) < 4.78 is 52.4. The molecule has 0 aliphatic heterocycles. The van der Waals surface area contributed by atoms with Gasteiger partial charge in [0.25, 0.3) is 5.82 Å². The largest absolute Gasteiger partial charge is 0.453 e. The number of hydrogen-bond acceptors (Lipinski definition) is 4. The van der Waals surface area contributed by atoms with E-state index in [4.69, 9.17) is 0 Å². The van der Waals surface area contributed by atoms with Crippen molar-refractivity contribution in [3.05, 3.63) is 53.6 Å². The molecule has 1 aromatic carbocycles. The molecule has 0 fully saturated rings. The molecule has 0 radical (unpaired) electrons. The summed E-state index contributed by atoms with van der Waals surface area (Å²) in [5, 5.41) is 13.4. The maximum Gasteiger partial charge on any atom is 0.453 e. The van der Waals surface area contributed by atoms with Gasteiger partial charge in [-0.1, -0.05) is 12.1 Å². The Balaban J connectivity index is 1.79. The van der Waals surface area contributed by atoms with Gasteiger partial charge in [0.2, 0.25) is 0 Å². The van der Waals surface area contributed by atoms with Gasteiger partial charge in [0, 0.05) is 6.04 Å². The fraction of sp³-hybridized carbons (Fsp3) is 0.267. The van der Waals surface area contributed by atoms with E-state index in [9.17, 15) is 17.6 Å². The zero-order valence-electron chi connectivity index (χ0n) is 12.5. The zero-order chi connectivity index (χ0) is 17.3. The van der Waals surface area contributed by atoms with Crippen LogP contribution in [0.5, 0.6) is 0 Å². The lowest BCUT2D eigenvalue weighted by Crippen LogP contribution is -2.20. The number of halogens is 4. The topological polar surface area (TPSA) is 55.1 Å². The standard InChI is InChI=1S/C15H13F4N5/c1-9(7-10-3-2-4-11(16)8-10)20-12-5-6-13-21-22-14(15(17,18)19)24(13)23-12/h2-6,8-9H,7H2,1H3,(H,20,23). The summed E-state index contributed by atoms with van der Waals surface area (Å²) in [4.78, 5) is 0. The van der Waals surface area contributed by atoms with E-state index >= 15 is 0 Å². The monoisotopic (exact) mass is 339 g/mol. The van der Waals surface area contributed by atoms with Crippen molar-refractivity contribution in [2.45, 2.75) is 25.6 Å². The van der Waals surface area contributed by atoms with Crippen molar-refractivity contribution in [3.63, 3.8) is 0 Å². The molecule has 3 rings (SSSR count). The molecule has 2 aromatic heterocycles. The predicted octanol–water partition coefficient (Wildman–Crippen LogP) is 3.33. The minimum absolute atomic E-state index is 0.00524. The lowest BCUT2D eigenvalue weighted by molar-refractivity contribution is -0.146. The molecule has 1 unspecified atom stereocenters. The van der Waals surface area contributed by atoms with Crippen molar-refractivity contribution >= 4 is 11.5 Å². The Morgan fingerprint density at radius 3 is 2.67 bits per heavy atom. The molecule has 126 valence electrons. The minimum Gasteiger partial charge on any atom is -0.366 e. The van der Waals surface area contributed by atoms with Crippen LogP contribution in [0.1, 0.15) is 18.3 Å². The Kier molecular flexibility index (Phi) is 4.08. The van der Waals surface area contributed by atoms with Gasteiger partial charge in [-0.2, -0.15) is 17.7 Å². The first-order chi connectivity index (χ1) is 11.3. The van der Waals surface area contributed by atoms with Gasteiger partial charge in [-0.15, -0.1) is 15.3 Å². The highest BCUT2D eigenvalue weighted by Gasteiger charge is 2.37. The van der Waals surface area contributed by atoms with Crippen LogP contribution >= 0.6 is 0 Å². The van der Waals surface area contributed by atoms with Gasteiger partial charge in [0.1, 0.15) is 11.6 Å². The normalized spacial score (nSPS) is 13.2. The summed E-state index contributed by atoms with van der Waals surface area (Å²) in [6.07, 6.45) is -4.15. The molecule has 0 spiro atoms. The highest BCUT2D eigenvalue weighted by Crippen LogP contribution is 2.27. The Morgan fingerprint density at radius 1 is 1.17 bits per heavy atom. The molecular weight excluding hydrogens is 326 g/mol. The van der Waals surface area contributed by atoms with Crippen LogP contribution in [0.25, 0.3) is 5.65 Å². The third kappa shape index (κ3) is 3.44. The number of rotatable bonds is 4. The Hall–Kier alpha value is -2.71. The van der Waals surface area contributed by atoms with Gasteiger partial charge in [-0.25, -0.2) is 4.39 Å². The molecule has 0 aliphatic carbocycles. The van der Waals surface area contributed by atoms with E-state index in [1.807, 2.05) is 6.92 Å². The molecule has 2 heterocycles. The molecule has 0 aliphatic rings. The van der Waals surface area contributed by atoms with Crippen LogP contribution in [0.4, 0.5) is 23.4 Å². The van der Waals surface area contributed by atoms with Crippen LogP contribution in [0.3, 0.4) is 0 Å². The van der Waals surface area contributed by atoms with Crippen LogP contribution in [0.15, 0.2) is 36.4 Å². The molecule has 0 saturated heterocycles. The second-order valence-corrected chi connectivity index (χ2v) is 5.39. The summed E-state index contributed by atoms with van der Waals surface area (Å²) in [7, 11) is 0. The van der Waals surface area contributed by atoms with Crippen molar-refractivity contribution in [2.75, 3.05) is 5.32 Å². The second-order valence-electron chi connectivity index (χ2n) is 5.39. The summed E-state index contributed by atoms with van der Waals surface area (Å²) in [5.41, 5.74) is 0.780. The van der Waals surface area contributed by atoms with Crippen molar-refractivity contribution < 1.29 is 17.6 Å². The van der Waals surface area contributed by atoms with Crippen molar-refractivity contribution in [1.82, 2.24) is 19.8 Å². The predicted molar refractivity (Wildman–Crippen MR) is 79.0 cm³/mol. The number of fused-ring (bicyclic) bond motifs is 1. The second kappa shape index (κ2) is 6.06. The minimum atomic E-state index is -4.64. The summed E-state index contributed by atoms with van der Waals surface area (Å²) >= 11 is 0. The van der Waals surface area contributed by atoms with E-state index < -0.39 is 12.0 Å². The van der Waals surface area contributed by atoms with Gasteiger partial charge in [0.05, 0.1) is 0 Å². The lowest BCUT2D eigenvalue weighted by Gasteiger charge is -2.15. The Morgan fingerprint density at radius 2 is 1.96 bits per heavy atom. The van der Waals surface area contributed by atoms with Gasteiger partial charge < -0.3 is 5.32 Å². The average molecular weight is 339 g/mol. The van der Waals surface area contributed by atoms with Gasteiger partial charge in [-0.3, -0.25) is 0 Å². The highest BCUT2D eigenvalue weighted by atomic mass is 19.4. The number of alkyl halides is 3. The van der Waals surface area contributed by atoms with E-state index in [1.165, 1.54) is 24.3 Å². The van der Waals surface area contributed by atoms with Crippen molar-refractivity contribution in [2.24, 2.45) is 0 Å². The first-order valence-electron chi connectivity index (χ1n) is 7.13. The first kappa shape index (κ1) is 16.2.